The quantitative estimate of drug-likeness (QED) is 0.835. The lowest BCUT2D eigenvalue weighted by Crippen LogP contribution is -2.22. The molecule has 4 heteroatoms. The number of carbonyl (C=O) groups is 1. The normalized spacial score (nSPS) is 14.2. The molecule has 128 valence electrons. The van der Waals surface area contributed by atoms with Crippen LogP contribution in [0.25, 0.3) is 0 Å². The average Bonchev–Trinajstić information content (AvgIpc) is 2.64. The summed E-state index contributed by atoms with van der Waals surface area (Å²) in [6.45, 7) is 0. The number of ether oxygens (including phenoxy) is 2. The van der Waals surface area contributed by atoms with Gasteiger partial charge in [-0.05, 0) is 49.2 Å². The molecule has 0 aliphatic heterocycles. The molecule has 0 heterocycles. The highest BCUT2D eigenvalue weighted by Gasteiger charge is 2.06. The highest BCUT2D eigenvalue weighted by molar-refractivity contribution is 5.75. The molecule has 24 heavy (non-hydrogen) atoms. The minimum atomic E-state index is 0.536. The number of methoxy groups -OCH3 is 1. The maximum atomic E-state index is 10.6. The van der Waals surface area contributed by atoms with E-state index in [1.165, 1.54) is 32.1 Å². The zero-order chi connectivity index (χ0) is 17.2. The third kappa shape index (κ3) is 6.05. The molecule has 0 unspecified atom stereocenters. The summed E-state index contributed by atoms with van der Waals surface area (Å²) in [6, 6.07) is 14.8. The van der Waals surface area contributed by atoms with E-state index in [0.717, 1.165) is 12.0 Å². The summed E-state index contributed by atoms with van der Waals surface area (Å²) < 4.78 is 10.7. The summed E-state index contributed by atoms with van der Waals surface area (Å²) in [4.78, 5) is 10.6. The molecule has 1 aliphatic rings. The van der Waals surface area contributed by atoms with E-state index in [0.29, 0.717) is 23.1 Å². The largest absolute Gasteiger partial charge is 0.497 e. The van der Waals surface area contributed by atoms with E-state index in [-0.39, 0.29) is 0 Å². The van der Waals surface area contributed by atoms with E-state index >= 15 is 0 Å². The molecule has 1 aliphatic carbocycles. The summed E-state index contributed by atoms with van der Waals surface area (Å²) in [5.41, 5.74) is 6.23. The molecular formula is C20H25NO3. The molecule has 0 radical (unpaired) electrons. The Kier molecular flexibility index (Phi) is 7.30. The third-order valence-corrected chi connectivity index (χ3v) is 3.94. The smallest absolute Gasteiger partial charge is 0.150 e. The van der Waals surface area contributed by atoms with Crippen molar-refractivity contribution >= 4 is 6.29 Å². The molecule has 0 bridgehead atoms. The van der Waals surface area contributed by atoms with E-state index in [4.69, 9.17) is 15.2 Å². The van der Waals surface area contributed by atoms with E-state index < -0.39 is 0 Å². The Morgan fingerprint density at radius 2 is 1.62 bits per heavy atom. The maximum absolute atomic E-state index is 10.6. The predicted octanol–water partition coefficient (Wildman–Crippen LogP) is 4.58. The molecule has 2 aromatic carbocycles. The Morgan fingerprint density at radius 3 is 2.17 bits per heavy atom. The van der Waals surface area contributed by atoms with Crippen LogP contribution in [0, 0.1) is 0 Å². The molecule has 1 fully saturated rings. The molecule has 0 spiro atoms. The van der Waals surface area contributed by atoms with Crippen LogP contribution >= 0.6 is 0 Å². The minimum absolute atomic E-state index is 0.536. The van der Waals surface area contributed by atoms with Crippen LogP contribution in [0.4, 0.5) is 0 Å². The zero-order valence-electron chi connectivity index (χ0n) is 14.1. The van der Waals surface area contributed by atoms with Crippen LogP contribution in [-0.4, -0.2) is 19.4 Å². The Bertz CT molecular complexity index is 619. The van der Waals surface area contributed by atoms with Crippen LogP contribution in [0.3, 0.4) is 0 Å². The SMILES string of the molecule is COc1ccc(Oc2cccc(C=O)c2)cc1.NC1CCCCC1. The van der Waals surface area contributed by atoms with Crippen molar-refractivity contribution in [2.24, 2.45) is 5.73 Å². The summed E-state index contributed by atoms with van der Waals surface area (Å²) >= 11 is 0. The van der Waals surface area contributed by atoms with Gasteiger partial charge < -0.3 is 15.2 Å². The second kappa shape index (κ2) is 9.73. The van der Waals surface area contributed by atoms with Crippen LogP contribution in [0.2, 0.25) is 0 Å². The first-order valence-corrected chi connectivity index (χ1v) is 8.34. The van der Waals surface area contributed by atoms with Crippen LogP contribution in [0.15, 0.2) is 48.5 Å². The fourth-order valence-corrected chi connectivity index (χ4v) is 2.57. The zero-order valence-corrected chi connectivity index (χ0v) is 14.1. The maximum Gasteiger partial charge on any atom is 0.150 e. The van der Waals surface area contributed by atoms with E-state index in [1.807, 2.05) is 24.3 Å². The molecular weight excluding hydrogens is 302 g/mol. The molecule has 2 aromatic rings. The number of rotatable bonds is 4. The highest BCUT2D eigenvalue weighted by atomic mass is 16.5. The van der Waals surface area contributed by atoms with Gasteiger partial charge >= 0.3 is 0 Å². The van der Waals surface area contributed by atoms with Gasteiger partial charge in [-0.15, -0.1) is 0 Å². The van der Waals surface area contributed by atoms with Gasteiger partial charge in [-0.1, -0.05) is 31.4 Å². The second-order valence-electron chi connectivity index (χ2n) is 5.87. The molecule has 0 amide bonds. The number of hydrogen-bond acceptors (Lipinski definition) is 4. The van der Waals surface area contributed by atoms with Crippen molar-refractivity contribution in [3.63, 3.8) is 0 Å². The highest BCUT2D eigenvalue weighted by Crippen LogP contribution is 2.24. The fraction of sp³-hybridized carbons (Fsp3) is 0.350. The topological polar surface area (TPSA) is 61.5 Å². The summed E-state index contributed by atoms with van der Waals surface area (Å²) in [6.07, 6.45) is 7.46. The van der Waals surface area contributed by atoms with E-state index in [2.05, 4.69) is 0 Å². The summed E-state index contributed by atoms with van der Waals surface area (Å²) in [5, 5.41) is 0. The number of benzene rings is 2. The van der Waals surface area contributed by atoms with Crippen molar-refractivity contribution in [3.8, 4) is 17.2 Å². The summed E-state index contributed by atoms with van der Waals surface area (Å²) in [7, 11) is 1.61. The Labute approximate surface area is 143 Å². The van der Waals surface area contributed by atoms with Gasteiger partial charge in [0.05, 0.1) is 7.11 Å². The van der Waals surface area contributed by atoms with Gasteiger partial charge in [-0.3, -0.25) is 4.79 Å². The Balaban J connectivity index is 0.000000249. The standard InChI is InChI=1S/C14H12O3.C6H13N/c1-16-12-5-7-13(8-6-12)17-14-4-2-3-11(9-14)10-15;7-6-4-2-1-3-5-6/h2-10H,1H3;6H,1-5,7H2. The first-order chi connectivity index (χ1) is 11.7. The molecule has 0 saturated heterocycles. The predicted molar refractivity (Wildman–Crippen MR) is 96.0 cm³/mol. The van der Waals surface area contributed by atoms with Gasteiger partial charge in [0.1, 0.15) is 23.5 Å². The lowest BCUT2D eigenvalue weighted by atomic mass is 9.97. The third-order valence-electron chi connectivity index (χ3n) is 3.94. The minimum Gasteiger partial charge on any atom is -0.497 e. The summed E-state index contributed by atoms with van der Waals surface area (Å²) in [5.74, 6) is 2.12. The van der Waals surface area contributed by atoms with Gasteiger partial charge in [-0.2, -0.15) is 0 Å². The lowest BCUT2D eigenvalue weighted by Gasteiger charge is -2.15. The van der Waals surface area contributed by atoms with Crippen molar-refractivity contribution in [2.75, 3.05) is 7.11 Å². The number of hydrogen-bond donors (Lipinski definition) is 1. The van der Waals surface area contributed by atoms with Crippen LogP contribution in [0.5, 0.6) is 17.2 Å². The van der Waals surface area contributed by atoms with Gasteiger partial charge in [0.15, 0.2) is 0 Å². The van der Waals surface area contributed by atoms with Crippen LogP contribution in [0.1, 0.15) is 42.5 Å². The lowest BCUT2D eigenvalue weighted by molar-refractivity contribution is 0.112. The Hall–Kier alpha value is -2.33. The second-order valence-corrected chi connectivity index (χ2v) is 5.87. The van der Waals surface area contributed by atoms with Gasteiger partial charge in [-0.25, -0.2) is 0 Å². The van der Waals surface area contributed by atoms with E-state index in [9.17, 15) is 4.79 Å². The fourth-order valence-electron chi connectivity index (χ4n) is 2.57. The molecule has 0 aromatic heterocycles. The van der Waals surface area contributed by atoms with Crippen molar-refractivity contribution in [3.05, 3.63) is 54.1 Å². The molecule has 4 nitrogen and oxygen atoms in total. The molecule has 2 N–H and O–H groups in total. The molecule has 0 atom stereocenters. The first-order valence-electron chi connectivity index (χ1n) is 8.34. The first kappa shape index (κ1) is 18.0. The van der Waals surface area contributed by atoms with Crippen molar-refractivity contribution in [1.82, 2.24) is 0 Å². The van der Waals surface area contributed by atoms with Crippen molar-refractivity contribution in [1.29, 1.82) is 0 Å². The van der Waals surface area contributed by atoms with Crippen LogP contribution < -0.4 is 15.2 Å². The Morgan fingerprint density at radius 1 is 0.958 bits per heavy atom. The number of nitrogens with two attached hydrogens (primary N) is 1. The van der Waals surface area contributed by atoms with Crippen molar-refractivity contribution in [2.45, 2.75) is 38.1 Å². The van der Waals surface area contributed by atoms with Crippen LogP contribution in [-0.2, 0) is 0 Å². The molecule has 3 rings (SSSR count). The van der Waals surface area contributed by atoms with Gasteiger partial charge in [0, 0.05) is 11.6 Å². The average molecular weight is 327 g/mol. The number of carbonyl (C=O) groups excluding carboxylic acids is 1. The monoisotopic (exact) mass is 327 g/mol. The van der Waals surface area contributed by atoms with E-state index in [1.54, 1.807) is 31.4 Å². The van der Waals surface area contributed by atoms with Gasteiger partial charge in [0.2, 0.25) is 0 Å². The molecule has 1 saturated carbocycles. The number of aldehydes is 1. The van der Waals surface area contributed by atoms with Crippen molar-refractivity contribution < 1.29 is 14.3 Å². The van der Waals surface area contributed by atoms with Gasteiger partial charge in [0.25, 0.3) is 0 Å².